The predicted molar refractivity (Wildman–Crippen MR) is 87.0 cm³/mol. The fourth-order valence-electron chi connectivity index (χ4n) is 2.60. The van der Waals surface area contributed by atoms with E-state index in [9.17, 15) is 4.79 Å². The summed E-state index contributed by atoms with van der Waals surface area (Å²) in [6.07, 6.45) is 9.30. The summed E-state index contributed by atoms with van der Waals surface area (Å²) in [7, 11) is 0. The van der Waals surface area contributed by atoms with E-state index in [1.54, 1.807) is 11.8 Å². The van der Waals surface area contributed by atoms with Crippen molar-refractivity contribution in [2.75, 3.05) is 18.6 Å². The second-order valence-corrected chi connectivity index (χ2v) is 6.41. The molecule has 0 bridgehead atoms. The first kappa shape index (κ1) is 19.1. The van der Waals surface area contributed by atoms with Gasteiger partial charge < -0.3 is 11.1 Å². The Bertz CT molecular complexity index is 246. The minimum absolute atomic E-state index is 0. The zero-order valence-electron chi connectivity index (χ0n) is 12.2. The van der Waals surface area contributed by atoms with Gasteiger partial charge in [0.05, 0.1) is 6.04 Å². The van der Waals surface area contributed by atoms with E-state index in [1.165, 1.54) is 32.1 Å². The quantitative estimate of drug-likeness (QED) is 0.760. The number of nitrogens with one attached hydrogen (secondary N) is 1. The fraction of sp³-hybridized carbons (Fsp3) is 0.929. The van der Waals surface area contributed by atoms with Crippen LogP contribution in [0.15, 0.2) is 0 Å². The number of nitrogens with two attached hydrogens (primary N) is 1. The van der Waals surface area contributed by atoms with Crippen LogP contribution < -0.4 is 11.1 Å². The first-order valence-corrected chi connectivity index (χ1v) is 8.59. The van der Waals surface area contributed by atoms with Gasteiger partial charge in [-0.05, 0) is 43.1 Å². The Morgan fingerprint density at radius 2 is 1.89 bits per heavy atom. The summed E-state index contributed by atoms with van der Waals surface area (Å²) in [5, 5.41) is 3.02. The number of rotatable bonds is 7. The maximum absolute atomic E-state index is 11.8. The third kappa shape index (κ3) is 7.42. The molecule has 3 N–H and O–H groups in total. The molecule has 114 valence electrons. The molecule has 1 fully saturated rings. The van der Waals surface area contributed by atoms with Crippen LogP contribution in [0.3, 0.4) is 0 Å². The van der Waals surface area contributed by atoms with E-state index in [4.69, 9.17) is 5.73 Å². The first-order chi connectivity index (χ1) is 8.67. The molecule has 0 spiro atoms. The smallest absolute Gasteiger partial charge is 0.236 e. The maximum Gasteiger partial charge on any atom is 0.236 e. The summed E-state index contributed by atoms with van der Waals surface area (Å²) in [5.41, 5.74) is 5.84. The van der Waals surface area contributed by atoms with Crippen molar-refractivity contribution < 1.29 is 4.79 Å². The van der Waals surface area contributed by atoms with Crippen LogP contribution in [0.5, 0.6) is 0 Å². The van der Waals surface area contributed by atoms with Gasteiger partial charge >= 0.3 is 0 Å². The Labute approximate surface area is 128 Å². The topological polar surface area (TPSA) is 55.1 Å². The summed E-state index contributed by atoms with van der Waals surface area (Å²) in [6.45, 7) is 3.10. The van der Waals surface area contributed by atoms with Crippen LogP contribution in [0.2, 0.25) is 0 Å². The molecular weight excluding hydrogens is 280 g/mol. The molecular formula is C14H29ClN2OS. The van der Waals surface area contributed by atoms with E-state index < -0.39 is 0 Å². The lowest BCUT2D eigenvalue weighted by Gasteiger charge is -2.28. The van der Waals surface area contributed by atoms with Gasteiger partial charge in [0.2, 0.25) is 5.91 Å². The Hall–Kier alpha value is 0.0700. The highest BCUT2D eigenvalue weighted by Gasteiger charge is 2.21. The summed E-state index contributed by atoms with van der Waals surface area (Å²) < 4.78 is 0. The molecule has 1 aliphatic carbocycles. The van der Waals surface area contributed by atoms with Crippen molar-refractivity contribution in [1.29, 1.82) is 0 Å². The Morgan fingerprint density at radius 3 is 2.42 bits per heavy atom. The maximum atomic E-state index is 11.8. The lowest BCUT2D eigenvalue weighted by molar-refractivity contribution is -0.122. The van der Waals surface area contributed by atoms with Gasteiger partial charge in [0, 0.05) is 6.54 Å². The van der Waals surface area contributed by atoms with Crippen molar-refractivity contribution in [3.8, 4) is 0 Å². The highest BCUT2D eigenvalue weighted by atomic mass is 35.5. The highest BCUT2D eigenvalue weighted by molar-refractivity contribution is 7.98. The van der Waals surface area contributed by atoms with Crippen LogP contribution in [0.1, 0.15) is 45.4 Å². The van der Waals surface area contributed by atoms with Crippen molar-refractivity contribution in [3.63, 3.8) is 0 Å². The van der Waals surface area contributed by atoms with Gasteiger partial charge in [0.15, 0.2) is 0 Å². The number of halogens is 1. The number of hydrogen-bond acceptors (Lipinski definition) is 3. The van der Waals surface area contributed by atoms with Gasteiger partial charge in [0.1, 0.15) is 0 Å². The molecule has 1 saturated carbocycles. The lowest BCUT2D eigenvalue weighted by Crippen LogP contribution is -2.43. The molecule has 0 aromatic heterocycles. The average molecular weight is 309 g/mol. The molecule has 3 nitrogen and oxygen atoms in total. The molecule has 0 heterocycles. The van der Waals surface area contributed by atoms with Crippen molar-refractivity contribution >= 4 is 30.1 Å². The molecule has 0 unspecified atom stereocenters. The molecule has 19 heavy (non-hydrogen) atoms. The van der Waals surface area contributed by atoms with E-state index >= 15 is 0 Å². The van der Waals surface area contributed by atoms with Crippen LogP contribution in [-0.2, 0) is 4.79 Å². The lowest BCUT2D eigenvalue weighted by atomic mass is 9.81. The van der Waals surface area contributed by atoms with Crippen molar-refractivity contribution in [3.05, 3.63) is 0 Å². The van der Waals surface area contributed by atoms with Crippen LogP contribution in [-0.4, -0.2) is 30.5 Å². The van der Waals surface area contributed by atoms with Crippen LogP contribution >= 0.6 is 24.2 Å². The molecule has 0 aromatic carbocycles. The minimum Gasteiger partial charge on any atom is -0.354 e. The van der Waals surface area contributed by atoms with Gasteiger partial charge in [0.25, 0.3) is 0 Å². The number of carbonyl (C=O) groups excluding carboxylic acids is 1. The van der Waals surface area contributed by atoms with E-state index in [1.807, 2.05) is 6.26 Å². The predicted octanol–water partition coefficient (Wildman–Crippen LogP) is 2.82. The standard InChI is InChI=1S/C14H28N2OS.ClH/c1-3-11-4-6-12(7-5-11)10-16-14(17)13(15)8-9-18-2;/h11-13H,3-10,15H2,1-2H3,(H,16,17);1H/t11?,12?,13-;/m0./s1. The summed E-state index contributed by atoms with van der Waals surface area (Å²) >= 11 is 1.74. The molecule has 0 saturated heterocycles. The normalized spacial score (nSPS) is 24.4. The Kier molecular flexibility index (Phi) is 10.8. The number of thioether (sulfide) groups is 1. The summed E-state index contributed by atoms with van der Waals surface area (Å²) in [4.78, 5) is 11.8. The average Bonchev–Trinajstić information content (AvgIpc) is 2.42. The third-order valence-electron chi connectivity index (χ3n) is 4.08. The van der Waals surface area contributed by atoms with Gasteiger partial charge in [-0.15, -0.1) is 12.4 Å². The van der Waals surface area contributed by atoms with Crippen molar-refractivity contribution in [2.24, 2.45) is 17.6 Å². The molecule has 1 rings (SSSR count). The molecule has 0 aliphatic heterocycles. The molecule has 0 aromatic rings. The summed E-state index contributed by atoms with van der Waals surface area (Å²) in [5.74, 6) is 2.57. The number of amides is 1. The summed E-state index contributed by atoms with van der Waals surface area (Å²) in [6, 6.07) is -0.329. The van der Waals surface area contributed by atoms with E-state index in [0.717, 1.165) is 24.6 Å². The number of hydrogen-bond donors (Lipinski definition) is 2. The Balaban J connectivity index is 0.00000324. The van der Waals surface area contributed by atoms with Crippen LogP contribution in [0, 0.1) is 11.8 Å². The van der Waals surface area contributed by atoms with E-state index in [-0.39, 0.29) is 24.4 Å². The highest BCUT2D eigenvalue weighted by Crippen LogP contribution is 2.30. The van der Waals surface area contributed by atoms with E-state index in [2.05, 4.69) is 12.2 Å². The molecule has 5 heteroatoms. The zero-order chi connectivity index (χ0) is 13.4. The zero-order valence-corrected chi connectivity index (χ0v) is 13.8. The van der Waals surface area contributed by atoms with Crippen molar-refractivity contribution in [1.82, 2.24) is 5.32 Å². The van der Waals surface area contributed by atoms with Gasteiger partial charge in [-0.1, -0.05) is 26.2 Å². The second kappa shape index (κ2) is 10.8. The first-order valence-electron chi connectivity index (χ1n) is 7.19. The van der Waals surface area contributed by atoms with Gasteiger partial charge in [-0.25, -0.2) is 0 Å². The van der Waals surface area contributed by atoms with Gasteiger partial charge in [-0.2, -0.15) is 11.8 Å². The molecule has 1 aliphatic rings. The molecule has 0 radical (unpaired) electrons. The molecule has 1 atom stereocenters. The van der Waals surface area contributed by atoms with Crippen molar-refractivity contribution in [2.45, 2.75) is 51.5 Å². The molecule has 1 amide bonds. The SMILES string of the molecule is CCC1CCC(CNC(=O)[C@@H](N)CCSC)CC1.Cl. The third-order valence-corrected chi connectivity index (χ3v) is 4.72. The minimum atomic E-state index is -0.329. The van der Waals surface area contributed by atoms with Crippen LogP contribution in [0.25, 0.3) is 0 Å². The number of carbonyl (C=O) groups is 1. The monoisotopic (exact) mass is 308 g/mol. The second-order valence-electron chi connectivity index (χ2n) is 5.43. The fourth-order valence-corrected chi connectivity index (χ4v) is 3.09. The van der Waals surface area contributed by atoms with Crippen LogP contribution in [0.4, 0.5) is 0 Å². The van der Waals surface area contributed by atoms with Gasteiger partial charge in [-0.3, -0.25) is 4.79 Å². The largest absolute Gasteiger partial charge is 0.354 e. The van der Waals surface area contributed by atoms with E-state index in [0.29, 0.717) is 5.92 Å². The Morgan fingerprint density at radius 1 is 1.32 bits per heavy atom.